The first-order valence-electron chi connectivity index (χ1n) is 8.83. The summed E-state index contributed by atoms with van der Waals surface area (Å²) in [6.45, 7) is 10.9. The van der Waals surface area contributed by atoms with Crippen LogP contribution in [-0.2, 0) is 9.47 Å². The van der Waals surface area contributed by atoms with Crippen LogP contribution in [-0.4, -0.2) is 54.8 Å². The quantitative estimate of drug-likeness (QED) is 0.767. The lowest BCUT2D eigenvalue weighted by Crippen LogP contribution is -2.55. The van der Waals surface area contributed by atoms with E-state index >= 15 is 0 Å². The Morgan fingerprint density at radius 2 is 1.96 bits per heavy atom. The minimum Gasteiger partial charge on any atom is -0.462 e. The molecule has 1 fully saturated rings. The lowest BCUT2D eigenvalue weighted by Gasteiger charge is -2.41. The Labute approximate surface area is 153 Å². The number of rotatable bonds is 3. The third-order valence-electron chi connectivity index (χ3n) is 4.07. The molecular weight excluding hydrogens is 339 g/mol. The van der Waals surface area contributed by atoms with E-state index in [-0.39, 0.29) is 24.3 Å². The summed E-state index contributed by atoms with van der Waals surface area (Å²) in [5.41, 5.74) is 0.0577. The molecule has 0 unspecified atom stereocenters. The summed E-state index contributed by atoms with van der Waals surface area (Å²) in [6.07, 6.45) is -0.339. The number of halogens is 1. The fourth-order valence-corrected chi connectivity index (χ4v) is 2.86. The molecule has 0 radical (unpaired) electrons. The molecule has 0 bridgehead atoms. The van der Waals surface area contributed by atoms with Crippen molar-refractivity contribution in [3.63, 3.8) is 0 Å². The van der Waals surface area contributed by atoms with E-state index in [0.717, 1.165) is 0 Å². The molecule has 0 N–H and O–H groups in total. The Hall–Kier alpha value is -2.31. The van der Waals surface area contributed by atoms with Gasteiger partial charge in [0.15, 0.2) is 0 Å². The molecule has 1 saturated heterocycles. The van der Waals surface area contributed by atoms with Crippen molar-refractivity contribution >= 4 is 17.7 Å². The predicted octanol–water partition coefficient (Wildman–Crippen LogP) is 3.45. The Bertz CT molecular complexity index is 672. The monoisotopic (exact) mass is 366 g/mol. The maximum absolute atomic E-state index is 14.3. The highest BCUT2D eigenvalue weighted by molar-refractivity contribution is 5.90. The number of carbonyl (C=O) groups is 2. The highest BCUT2D eigenvalue weighted by Gasteiger charge is 2.31. The van der Waals surface area contributed by atoms with Crippen LogP contribution >= 0.6 is 0 Å². The van der Waals surface area contributed by atoms with Gasteiger partial charge in [-0.2, -0.15) is 0 Å². The molecule has 1 atom stereocenters. The zero-order valence-corrected chi connectivity index (χ0v) is 16.0. The molecule has 1 heterocycles. The van der Waals surface area contributed by atoms with Gasteiger partial charge in [-0.05, 0) is 52.8 Å². The van der Waals surface area contributed by atoms with Crippen molar-refractivity contribution in [3.05, 3.63) is 29.6 Å². The van der Waals surface area contributed by atoms with Gasteiger partial charge in [-0.25, -0.2) is 14.0 Å². The number of nitrogens with zero attached hydrogens (tertiary/aromatic N) is 2. The van der Waals surface area contributed by atoms with E-state index in [9.17, 15) is 14.0 Å². The average Bonchev–Trinajstić information content (AvgIpc) is 2.53. The third-order valence-corrected chi connectivity index (χ3v) is 4.07. The van der Waals surface area contributed by atoms with Gasteiger partial charge in [0.25, 0.3) is 0 Å². The fourth-order valence-electron chi connectivity index (χ4n) is 2.86. The van der Waals surface area contributed by atoms with E-state index in [1.54, 1.807) is 17.9 Å². The number of benzene rings is 1. The van der Waals surface area contributed by atoms with Crippen molar-refractivity contribution in [3.8, 4) is 0 Å². The third kappa shape index (κ3) is 4.86. The molecule has 7 heteroatoms. The number of amides is 1. The van der Waals surface area contributed by atoms with Crippen molar-refractivity contribution in [2.24, 2.45) is 0 Å². The van der Waals surface area contributed by atoms with E-state index in [1.807, 2.05) is 32.6 Å². The molecule has 144 valence electrons. The number of hydrogen-bond acceptors (Lipinski definition) is 5. The largest absolute Gasteiger partial charge is 0.462 e. The van der Waals surface area contributed by atoms with Crippen LogP contribution in [0.4, 0.5) is 14.9 Å². The van der Waals surface area contributed by atoms with Crippen molar-refractivity contribution < 1.29 is 23.5 Å². The number of carbonyl (C=O) groups excluding carboxylic acids is 2. The van der Waals surface area contributed by atoms with Crippen molar-refractivity contribution in [2.45, 2.75) is 46.3 Å². The van der Waals surface area contributed by atoms with Gasteiger partial charge in [-0.15, -0.1) is 0 Å². The Balaban J connectivity index is 2.05. The van der Waals surface area contributed by atoms with Gasteiger partial charge in [0, 0.05) is 31.4 Å². The second kappa shape index (κ2) is 7.93. The van der Waals surface area contributed by atoms with Crippen molar-refractivity contribution in [2.75, 3.05) is 31.1 Å². The first-order valence-corrected chi connectivity index (χ1v) is 8.83. The van der Waals surface area contributed by atoms with Gasteiger partial charge in [-0.1, -0.05) is 0 Å². The van der Waals surface area contributed by atoms with Gasteiger partial charge in [0.2, 0.25) is 0 Å². The molecule has 6 nitrogen and oxygen atoms in total. The Kier molecular flexibility index (Phi) is 6.10. The van der Waals surface area contributed by atoms with Crippen LogP contribution in [0.5, 0.6) is 0 Å². The van der Waals surface area contributed by atoms with Crippen LogP contribution in [0.1, 0.15) is 45.0 Å². The number of ether oxygens (including phenoxy) is 2. The molecule has 2 rings (SSSR count). The molecule has 0 aliphatic carbocycles. The van der Waals surface area contributed by atoms with Gasteiger partial charge >= 0.3 is 12.1 Å². The van der Waals surface area contributed by atoms with Crippen LogP contribution in [0.25, 0.3) is 0 Å². The SMILES string of the molecule is CCOC(=O)c1ccc(N2CCN(C(=O)OC(C)(C)C)[C@@H](C)C2)cc1F. The predicted molar refractivity (Wildman–Crippen MR) is 97.0 cm³/mol. The summed E-state index contributed by atoms with van der Waals surface area (Å²) in [6, 6.07) is 4.40. The van der Waals surface area contributed by atoms with Crippen molar-refractivity contribution in [1.82, 2.24) is 4.90 Å². The van der Waals surface area contributed by atoms with Gasteiger partial charge in [0.1, 0.15) is 11.4 Å². The summed E-state index contributed by atoms with van der Waals surface area (Å²) in [7, 11) is 0. The number of hydrogen-bond donors (Lipinski definition) is 0. The van der Waals surface area contributed by atoms with Gasteiger partial charge in [-0.3, -0.25) is 0 Å². The molecule has 1 aromatic carbocycles. The first kappa shape index (κ1) is 20.0. The molecule has 26 heavy (non-hydrogen) atoms. The molecular formula is C19H27FN2O4. The van der Waals surface area contributed by atoms with E-state index < -0.39 is 17.4 Å². The minimum atomic E-state index is -0.667. The molecule has 0 aromatic heterocycles. The van der Waals surface area contributed by atoms with Crippen LogP contribution in [0.2, 0.25) is 0 Å². The second-order valence-electron chi connectivity index (χ2n) is 7.35. The van der Waals surface area contributed by atoms with Gasteiger partial charge in [0.05, 0.1) is 12.2 Å². The summed E-state index contributed by atoms with van der Waals surface area (Å²) < 4.78 is 24.5. The van der Waals surface area contributed by atoms with Crippen LogP contribution < -0.4 is 4.90 Å². The summed E-state index contributed by atoms with van der Waals surface area (Å²) in [5.74, 6) is -1.28. The zero-order chi connectivity index (χ0) is 19.5. The molecule has 0 saturated carbocycles. The van der Waals surface area contributed by atoms with Crippen LogP contribution in [0, 0.1) is 5.82 Å². The maximum atomic E-state index is 14.3. The Morgan fingerprint density at radius 3 is 2.50 bits per heavy atom. The second-order valence-corrected chi connectivity index (χ2v) is 7.35. The topological polar surface area (TPSA) is 59.1 Å². The smallest absolute Gasteiger partial charge is 0.410 e. The van der Waals surface area contributed by atoms with Crippen LogP contribution in [0.15, 0.2) is 18.2 Å². The molecule has 1 aliphatic heterocycles. The molecule has 1 aromatic rings. The normalized spacial score (nSPS) is 17.8. The average molecular weight is 366 g/mol. The summed E-state index contributed by atoms with van der Waals surface area (Å²) in [4.78, 5) is 27.7. The molecule has 1 amide bonds. The minimum absolute atomic E-state index is 0.0731. The maximum Gasteiger partial charge on any atom is 0.410 e. The standard InChI is InChI=1S/C19H27FN2O4/c1-6-25-17(23)15-8-7-14(11-16(15)20)21-9-10-22(13(2)12-21)18(24)26-19(3,4)5/h7-8,11,13H,6,9-10,12H2,1-5H3/t13-/m0/s1. The Morgan fingerprint density at radius 1 is 1.27 bits per heavy atom. The molecule has 0 spiro atoms. The summed E-state index contributed by atoms with van der Waals surface area (Å²) >= 11 is 0. The van der Waals surface area contributed by atoms with Crippen LogP contribution in [0.3, 0.4) is 0 Å². The lowest BCUT2D eigenvalue weighted by molar-refractivity contribution is 0.0158. The molecule has 1 aliphatic rings. The van der Waals surface area contributed by atoms with E-state index in [2.05, 4.69) is 0 Å². The fraction of sp³-hybridized carbons (Fsp3) is 0.579. The van der Waals surface area contributed by atoms with Crippen molar-refractivity contribution in [1.29, 1.82) is 0 Å². The van der Waals surface area contributed by atoms with E-state index in [1.165, 1.54) is 12.1 Å². The number of anilines is 1. The van der Waals surface area contributed by atoms with Gasteiger partial charge < -0.3 is 19.3 Å². The number of piperazine rings is 1. The van der Waals surface area contributed by atoms with E-state index in [4.69, 9.17) is 9.47 Å². The highest BCUT2D eigenvalue weighted by Crippen LogP contribution is 2.23. The number of esters is 1. The zero-order valence-electron chi connectivity index (χ0n) is 16.0. The summed E-state index contributed by atoms with van der Waals surface area (Å²) in [5, 5.41) is 0. The highest BCUT2D eigenvalue weighted by atomic mass is 19.1. The van der Waals surface area contributed by atoms with E-state index in [0.29, 0.717) is 25.3 Å². The lowest BCUT2D eigenvalue weighted by atomic mass is 10.1. The first-order chi connectivity index (χ1) is 12.1.